The summed E-state index contributed by atoms with van der Waals surface area (Å²) in [7, 11) is 0. The molecule has 4 saturated carbocycles. The van der Waals surface area contributed by atoms with Crippen molar-refractivity contribution in [3.63, 3.8) is 0 Å². The van der Waals surface area contributed by atoms with Gasteiger partial charge in [-0.3, -0.25) is 0 Å². The number of ether oxygens (including phenoxy) is 1. The molecule has 4 fully saturated rings. The third-order valence-electron chi connectivity index (χ3n) is 6.29. The summed E-state index contributed by atoms with van der Waals surface area (Å²) in [4.78, 5) is 0. The summed E-state index contributed by atoms with van der Waals surface area (Å²) in [6.45, 7) is 2.78. The van der Waals surface area contributed by atoms with E-state index < -0.39 is 0 Å². The van der Waals surface area contributed by atoms with E-state index in [1.807, 2.05) is 6.07 Å². The molecule has 0 aromatic heterocycles. The van der Waals surface area contributed by atoms with Gasteiger partial charge in [-0.25, -0.2) is 0 Å². The van der Waals surface area contributed by atoms with Gasteiger partial charge in [-0.05, 0) is 86.3 Å². The number of hydrogen-bond acceptors (Lipinski definition) is 2. The van der Waals surface area contributed by atoms with E-state index in [4.69, 9.17) is 10.5 Å². The lowest BCUT2D eigenvalue weighted by atomic mass is 9.48. The maximum absolute atomic E-state index is 6.63. The Hall–Kier alpha value is -1.02. The van der Waals surface area contributed by atoms with Gasteiger partial charge in [0.05, 0.1) is 0 Å². The van der Waals surface area contributed by atoms with Crippen LogP contribution in [-0.4, -0.2) is 12.6 Å². The van der Waals surface area contributed by atoms with Crippen LogP contribution < -0.4 is 10.5 Å². The molecule has 114 valence electrons. The Bertz CT molecular complexity index is 489. The normalized spacial score (nSPS) is 38.5. The topological polar surface area (TPSA) is 35.2 Å². The minimum Gasteiger partial charge on any atom is -0.492 e. The molecular weight excluding hydrogens is 258 g/mol. The smallest absolute Gasteiger partial charge is 0.119 e. The first-order chi connectivity index (χ1) is 10.1. The van der Waals surface area contributed by atoms with Crippen molar-refractivity contribution < 1.29 is 4.74 Å². The average Bonchev–Trinajstić information content (AvgIpc) is 2.43. The molecule has 0 saturated heterocycles. The summed E-state index contributed by atoms with van der Waals surface area (Å²) in [5.41, 5.74) is 8.27. The summed E-state index contributed by atoms with van der Waals surface area (Å²) in [6, 6.07) is 8.50. The Balaban J connectivity index is 1.44. The van der Waals surface area contributed by atoms with Gasteiger partial charge in [0.15, 0.2) is 0 Å². The van der Waals surface area contributed by atoms with Crippen LogP contribution in [0.3, 0.4) is 0 Å². The van der Waals surface area contributed by atoms with E-state index in [0.29, 0.717) is 12.0 Å². The largest absolute Gasteiger partial charge is 0.492 e. The quantitative estimate of drug-likeness (QED) is 0.910. The predicted octanol–water partition coefficient (Wildman–Crippen LogP) is 3.92. The summed E-state index contributed by atoms with van der Waals surface area (Å²) in [5.74, 6) is 3.85. The number of benzene rings is 1. The standard InChI is InChI=1S/C19H27NO/c1-13-3-2-4-17(5-13)21-12-18(20)19-9-14-6-15(10-19)8-16(7-14)11-19/h2-5,14-16,18H,6-12,20H2,1H3. The van der Waals surface area contributed by atoms with E-state index in [2.05, 4.69) is 25.1 Å². The summed E-state index contributed by atoms with van der Waals surface area (Å²) < 4.78 is 6.01. The number of nitrogens with two attached hydrogens (primary N) is 1. The zero-order chi connectivity index (χ0) is 14.4. The highest BCUT2D eigenvalue weighted by Crippen LogP contribution is 2.60. The molecule has 4 aliphatic rings. The van der Waals surface area contributed by atoms with E-state index in [9.17, 15) is 0 Å². The van der Waals surface area contributed by atoms with Gasteiger partial charge in [-0.1, -0.05) is 12.1 Å². The maximum atomic E-state index is 6.63. The lowest BCUT2D eigenvalue weighted by molar-refractivity contribution is -0.0730. The number of aryl methyl sites for hydroxylation is 1. The van der Waals surface area contributed by atoms with Crippen LogP contribution in [0.4, 0.5) is 0 Å². The van der Waals surface area contributed by atoms with Crippen LogP contribution >= 0.6 is 0 Å². The lowest BCUT2D eigenvalue weighted by Crippen LogP contribution is -2.56. The van der Waals surface area contributed by atoms with Crippen LogP contribution in [0.1, 0.15) is 44.1 Å². The molecule has 2 heteroatoms. The Morgan fingerprint density at radius 2 is 1.76 bits per heavy atom. The van der Waals surface area contributed by atoms with E-state index >= 15 is 0 Å². The molecule has 2 nitrogen and oxygen atoms in total. The first-order valence-electron chi connectivity index (χ1n) is 8.58. The average molecular weight is 285 g/mol. The Morgan fingerprint density at radius 3 is 2.33 bits per heavy atom. The van der Waals surface area contributed by atoms with Crippen molar-refractivity contribution in [2.75, 3.05) is 6.61 Å². The molecule has 1 aromatic rings. The van der Waals surface area contributed by atoms with Crippen molar-refractivity contribution in [1.29, 1.82) is 0 Å². The molecule has 4 bridgehead atoms. The van der Waals surface area contributed by atoms with Gasteiger partial charge >= 0.3 is 0 Å². The van der Waals surface area contributed by atoms with E-state index in [0.717, 1.165) is 23.5 Å². The molecule has 1 aromatic carbocycles. The van der Waals surface area contributed by atoms with Crippen LogP contribution in [0.15, 0.2) is 24.3 Å². The van der Waals surface area contributed by atoms with Crippen molar-refractivity contribution >= 4 is 0 Å². The number of hydrogen-bond donors (Lipinski definition) is 1. The highest BCUT2D eigenvalue weighted by molar-refractivity contribution is 5.27. The van der Waals surface area contributed by atoms with E-state index in [-0.39, 0.29) is 6.04 Å². The molecule has 21 heavy (non-hydrogen) atoms. The SMILES string of the molecule is Cc1cccc(OCC(N)C23CC4CC(CC(C4)C2)C3)c1. The van der Waals surface area contributed by atoms with E-state index in [1.54, 1.807) is 0 Å². The zero-order valence-electron chi connectivity index (χ0n) is 13.1. The Morgan fingerprint density at radius 1 is 1.14 bits per heavy atom. The second-order valence-electron chi connectivity index (χ2n) is 8.01. The third kappa shape index (κ3) is 2.48. The molecule has 0 amide bonds. The second-order valence-corrected chi connectivity index (χ2v) is 8.01. The summed E-state index contributed by atoms with van der Waals surface area (Å²) in [6.07, 6.45) is 8.51. The van der Waals surface area contributed by atoms with Crippen LogP contribution in [0, 0.1) is 30.1 Å². The van der Waals surface area contributed by atoms with Gasteiger partial charge in [0.25, 0.3) is 0 Å². The molecule has 1 unspecified atom stereocenters. The van der Waals surface area contributed by atoms with Crippen LogP contribution in [0.5, 0.6) is 5.75 Å². The molecule has 0 spiro atoms. The second kappa shape index (κ2) is 5.01. The molecule has 1 atom stereocenters. The van der Waals surface area contributed by atoms with E-state index in [1.165, 1.54) is 44.1 Å². The molecule has 4 aliphatic carbocycles. The molecule has 2 N–H and O–H groups in total. The first kappa shape index (κ1) is 13.6. The van der Waals surface area contributed by atoms with Gasteiger partial charge in [0.1, 0.15) is 12.4 Å². The molecule has 0 heterocycles. The Kier molecular flexibility index (Phi) is 3.25. The monoisotopic (exact) mass is 285 g/mol. The van der Waals surface area contributed by atoms with Crippen LogP contribution in [0.2, 0.25) is 0 Å². The predicted molar refractivity (Wildman–Crippen MR) is 85.3 cm³/mol. The highest BCUT2D eigenvalue weighted by atomic mass is 16.5. The van der Waals surface area contributed by atoms with Crippen molar-refractivity contribution in [1.82, 2.24) is 0 Å². The van der Waals surface area contributed by atoms with Gasteiger partial charge in [-0.2, -0.15) is 0 Å². The summed E-state index contributed by atoms with van der Waals surface area (Å²) >= 11 is 0. The fourth-order valence-corrected chi connectivity index (χ4v) is 5.70. The summed E-state index contributed by atoms with van der Waals surface area (Å²) in [5, 5.41) is 0. The van der Waals surface area contributed by atoms with Crippen molar-refractivity contribution in [3.8, 4) is 5.75 Å². The zero-order valence-corrected chi connectivity index (χ0v) is 13.1. The fourth-order valence-electron chi connectivity index (χ4n) is 5.70. The van der Waals surface area contributed by atoms with Crippen molar-refractivity contribution in [2.24, 2.45) is 28.9 Å². The molecule has 0 radical (unpaired) electrons. The Labute approximate surface area is 128 Å². The van der Waals surface area contributed by atoms with Crippen LogP contribution in [-0.2, 0) is 0 Å². The van der Waals surface area contributed by atoms with Gasteiger partial charge in [-0.15, -0.1) is 0 Å². The lowest BCUT2D eigenvalue weighted by Gasteiger charge is -2.58. The highest BCUT2D eigenvalue weighted by Gasteiger charge is 2.53. The fraction of sp³-hybridized carbons (Fsp3) is 0.684. The minimum atomic E-state index is 0.200. The van der Waals surface area contributed by atoms with Crippen molar-refractivity contribution in [2.45, 2.75) is 51.5 Å². The molecule has 5 rings (SSSR count). The van der Waals surface area contributed by atoms with Crippen LogP contribution in [0.25, 0.3) is 0 Å². The van der Waals surface area contributed by atoms with Crippen molar-refractivity contribution in [3.05, 3.63) is 29.8 Å². The molecular formula is C19H27NO. The van der Waals surface area contributed by atoms with Gasteiger partial charge in [0.2, 0.25) is 0 Å². The molecule has 0 aliphatic heterocycles. The third-order valence-corrected chi connectivity index (χ3v) is 6.29. The van der Waals surface area contributed by atoms with Gasteiger partial charge < -0.3 is 10.5 Å². The first-order valence-corrected chi connectivity index (χ1v) is 8.58. The van der Waals surface area contributed by atoms with Gasteiger partial charge in [0, 0.05) is 6.04 Å². The maximum Gasteiger partial charge on any atom is 0.119 e. The number of rotatable bonds is 4. The minimum absolute atomic E-state index is 0.200.